The fraction of sp³-hybridized carbons (Fsp3) is 0. The molecule has 0 aliphatic heterocycles. The van der Waals surface area contributed by atoms with Gasteiger partial charge in [0, 0.05) is 0 Å². The first kappa shape index (κ1) is 9.76. The molecule has 0 spiro atoms. The number of anilines is 1. The van der Waals surface area contributed by atoms with Crippen LogP contribution in [0.3, 0.4) is 0 Å². The van der Waals surface area contributed by atoms with E-state index in [4.69, 9.17) is 5.73 Å². The molecule has 11 heteroatoms. The first-order valence-electron chi connectivity index (χ1n) is 5.18. The topological polar surface area (TPSA) is 139 Å². The Morgan fingerprint density at radius 2 is 1.68 bits per heavy atom. The molecule has 0 saturated heterocycles. The van der Waals surface area contributed by atoms with Gasteiger partial charge in [-0.3, -0.25) is 0 Å². The molecule has 11 nitrogen and oxygen atoms in total. The van der Waals surface area contributed by atoms with Crippen molar-refractivity contribution < 1.29 is 0 Å². The van der Waals surface area contributed by atoms with Gasteiger partial charge < -0.3 is 5.73 Å². The van der Waals surface area contributed by atoms with Gasteiger partial charge in [0.1, 0.15) is 12.7 Å². The Labute approximate surface area is 104 Å². The van der Waals surface area contributed by atoms with Crippen LogP contribution in [0.2, 0.25) is 0 Å². The Balaban J connectivity index is 2.07. The van der Waals surface area contributed by atoms with E-state index in [1.54, 1.807) is 6.20 Å². The van der Waals surface area contributed by atoms with Crippen molar-refractivity contribution >= 4 is 28.1 Å². The molecule has 0 aliphatic carbocycles. The fourth-order valence-electron chi connectivity index (χ4n) is 1.68. The largest absolute Gasteiger partial charge is 0.382 e. The fourth-order valence-corrected chi connectivity index (χ4v) is 1.68. The molecule has 4 aromatic rings. The van der Waals surface area contributed by atoms with Gasteiger partial charge in [0.05, 0.1) is 6.20 Å². The minimum absolute atomic E-state index is 0.246. The van der Waals surface area contributed by atoms with Crippen molar-refractivity contribution in [1.29, 1.82) is 0 Å². The predicted octanol–water partition coefficient (Wildman–Crippen LogP) is -1.35. The third-order valence-corrected chi connectivity index (χ3v) is 2.53. The SMILES string of the molecule is Nc1ncnc2c1nnn2-n1nnc2cncnc21. The van der Waals surface area contributed by atoms with Crippen molar-refractivity contribution in [1.82, 2.24) is 50.1 Å². The minimum atomic E-state index is 0.246. The molecule has 0 atom stereocenters. The molecule has 4 aromatic heterocycles. The zero-order valence-corrected chi connectivity index (χ0v) is 9.28. The number of nitrogen functional groups attached to an aromatic ring is 1. The molecule has 0 saturated carbocycles. The number of fused-ring (bicyclic) bond motifs is 2. The molecule has 0 bridgehead atoms. The highest BCUT2D eigenvalue weighted by Gasteiger charge is 2.14. The highest BCUT2D eigenvalue weighted by atomic mass is 15.8. The maximum Gasteiger partial charge on any atom is 0.209 e. The van der Waals surface area contributed by atoms with Crippen LogP contribution in [-0.2, 0) is 0 Å². The molecule has 0 amide bonds. The number of nitrogens with two attached hydrogens (primary N) is 1. The second-order valence-corrected chi connectivity index (χ2v) is 3.62. The minimum Gasteiger partial charge on any atom is -0.382 e. The van der Waals surface area contributed by atoms with Crippen molar-refractivity contribution in [2.75, 3.05) is 5.73 Å². The molecule has 2 N–H and O–H groups in total. The van der Waals surface area contributed by atoms with Crippen LogP contribution in [0.25, 0.3) is 22.3 Å². The monoisotopic (exact) mass is 255 g/mol. The van der Waals surface area contributed by atoms with Crippen LogP contribution >= 0.6 is 0 Å². The van der Waals surface area contributed by atoms with Gasteiger partial charge in [0.15, 0.2) is 16.9 Å². The first-order chi connectivity index (χ1) is 9.34. The molecule has 0 aromatic carbocycles. The number of nitrogens with zero attached hydrogens (tertiary/aromatic N) is 10. The van der Waals surface area contributed by atoms with E-state index >= 15 is 0 Å². The first-order valence-corrected chi connectivity index (χ1v) is 5.18. The summed E-state index contributed by atoms with van der Waals surface area (Å²) >= 11 is 0. The van der Waals surface area contributed by atoms with Crippen molar-refractivity contribution in [3.05, 3.63) is 18.9 Å². The lowest BCUT2D eigenvalue weighted by Gasteiger charge is -1.99. The van der Waals surface area contributed by atoms with Crippen molar-refractivity contribution in [2.45, 2.75) is 0 Å². The summed E-state index contributed by atoms with van der Waals surface area (Å²) in [6.45, 7) is 0. The summed E-state index contributed by atoms with van der Waals surface area (Å²) in [7, 11) is 0. The number of rotatable bonds is 1. The second-order valence-electron chi connectivity index (χ2n) is 3.62. The van der Waals surface area contributed by atoms with Gasteiger partial charge in [-0.05, 0) is 10.4 Å². The van der Waals surface area contributed by atoms with E-state index < -0.39 is 0 Å². The van der Waals surface area contributed by atoms with E-state index in [0.29, 0.717) is 22.3 Å². The van der Waals surface area contributed by atoms with E-state index in [1.807, 2.05) is 0 Å². The summed E-state index contributed by atoms with van der Waals surface area (Å²) < 4.78 is 0. The third-order valence-electron chi connectivity index (χ3n) is 2.53. The van der Waals surface area contributed by atoms with Gasteiger partial charge in [-0.2, -0.15) is 0 Å². The number of hydrogen-bond acceptors (Lipinski definition) is 9. The number of hydrogen-bond donors (Lipinski definition) is 1. The summed E-state index contributed by atoms with van der Waals surface area (Å²) in [6, 6.07) is 0. The van der Waals surface area contributed by atoms with Crippen LogP contribution in [0.1, 0.15) is 0 Å². The van der Waals surface area contributed by atoms with E-state index in [-0.39, 0.29) is 5.82 Å². The number of aromatic nitrogens is 10. The summed E-state index contributed by atoms with van der Waals surface area (Å²) in [5.74, 6) is 0.246. The Kier molecular flexibility index (Phi) is 1.73. The summed E-state index contributed by atoms with van der Waals surface area (Å²) in [5, 5.41) is 15.7. The van der Waals surface area contributed by atoms with Crippen LogP contribution in [0.15, 0.2) is 18.9 Å². The molecule has 4 heterocycles. The zero-order valence-electron chi connectivity index (χ0n) is 9.28. The van der Waals surface area contributed by atoms with Crippen LogP contribution in [0.5, 0.6) is 0 Å². The highest BCUT2D eigenvalue weighted by molar-refractivity contribution is 5.80. The van der Waals surface area contributed by atoms with Crippen LogP contribution in [0, 0.1) is 0 Å². The highest BCUT2D eigenvalue weighted by Crippen LogP contribution is 2.13. The third kappa shape index (κ3) is 1.25. The van der Waals surface area contributed by atoms with E-state index in [9.17, 15) is 0 Å². The Morgan fingerprint density at radius 3 is 2.63 bits per heavy atom. The van der Waals surface area contributed by atoms with Gasteiger partial charge in [0.2, 0.25) is 11.3 Å². The maximum atomic E-state index is 5.70. The molecule has 19 heavy (non-hydrogen) atoms. The molecule has 0 unspecified atom stereocenters. The second kappa shape index (κ2) is 3.38. The molecular weight excluding hydrogens is 250 g/mol. The average Bonchev–Trinajstić information content (AvgIpc) is 3.02. The van der Waals surface area contributed by atoms with Gasteiger partial charge in [-0.1, -0.05) is 0 Å². The van der Waals surface area contributed by atoms with Gasteiger partial charge in [-0.15, -0.1) is 19.8 Å². The van der Waals surface area contributed by atoms with Crippen LogP contribution in [-0.4, -0.2) is 50.1 Å². The Hall–Kier alpha value is -3.24. The van der Waals surface area contributed by atoms with Crippen molar-refractivity contribution in [3.8, 4) is 0 Å². The van der Waals surface area contributed by atoms with E-state index in [2.05, 4.69) is 40.6 Å². The summed E-state index contributed by atoms with van der Waals surface area (Å²) in [5.41, 5.74) is 7.52. The zero-order chi connectivity index (χ0) is 12.8. The lowest BCUT2D eigenvalue weighted by Crippen LogP contribution is -2.14. The Morgan fingerprint density at radius 1 is 0.895 bits per heavy atom. The molecule has 4 rings (SSSR count). The standard InChI is InChI=1S/C8H5N11/c9-6-5-8(13-3-11-6)19(17-15-5)18-7-4(14-16-18)1-10-2-12-7/h1-3H,(H2,9,11,13). The van der Waals surface area contributed by atoms with Gasteiger partial charge >= 0.3 is 0 Å². The lowest BCUT2D eigenvalue weighted by atomic mass is 10.5. The predicted molar refractivity (Wildman–Crippen MR) is 61.4 cm³/mol. The van der Waals surface area contributed by atoms with Crippen LogP contribution in [0.4, 0.5) is 5.82 Å². The molecule has 0 radical (unpaired) electrons. The molecule has 0 fully saturated rings. The smallest absolute Gasteiger partial charge is 0.209 e. The van der Waals surface area contributed by atoms with Gasteiger partial charge in [0.25, 0.3) is 0 Å². The van der Waals surface area contributed by atoms with Crippen molar-refractivity contribution in [2.24, 2.45) is 0 Å². The van der Waals surface area contributed by atoms with E-state index in [0.717, 1.165) is 0 Å². The maximum absolute atomic E-state index is 5.70. The molecule has 92 valence electrons. The normalized spacial score (nSPS) is 11.4. The van der Waals surface area contributed by atoms with E-state index in [1.165, 1.54) is 22.2 Å². The Bertz CT molecular complexity index is 890. The lowest BCUT2D eigenvalue weighted by molar-refractivity contribution is 0.498. The summed E-state index contributed by atoms with van der Waals surface area (Å²) in [6.07, 6.45) is 4.27. The van der Waals surface area contributed by atoms with Crippen LogP contribution < -0.4 is 5.73 Å². The molecular formula is C8H5N11. The van der Waals surface area contributed by atoms with Crippen molar-refractivity contribution in [3.63, 3.8) is 0 Å². The quantitative estimate of drug-likeness (QED) is 0.437. The average molecular weight is 255 g/mol. The van der Waals surface area contributed by atoms with Gasteiger partial charge in [-0.25, -0.2) is 19.9 Å². The molecule has 0 aliphatic rings. The summed E-state index contributed by atoms with van der Waals surface area (Å²) in [4.78, 5) is 18.6.